The highest BCUT2D eigenvalue weighted by molar-refractivity contribution is 7.00. The number of fused-ring (bicyclic) bond motifs is 12. The molecule has 4 heterocycles. The van der Waals surface area contributed by atoms with Gasteiger partial charge in [-0.15, -0.1) is 0 Å². The Labute approximate surface area is 667 Å². The van der Waals surface area contributed by atoms with Crippen LogP contribution in [-0.2, 0) is 0 Å². The maximum Gasteiger partial charge on any atom is 0.252 e. The normalized spacial score (nSPS) is 12.3. The van der Waals surface area contributed by atoms with Gasteiger partial charge in [0.2, 0.25) is 0 Å². The van der Waals surface area contributed by atoms with Crippen molar-refractivity contribution in [3.8, 4) is 106 Å². The molecule has 0 saturated carbocycles. The van der Waals surface area contributed by atoms with Gasteiger partial charge in [0.1, 0.15) is 11.2 Å². The number of rotatable bonds is 12. The number of nitrogens with zero attached hydrogens (tertiary/aromatic N) is 3. The zero-order chi connectivity index (χ0) is 75.6. The molecule has 534 valence electrons. The summed E-state index contributed by atoms with van der Waals surface area (Å²) in [5.74, 6) is 0. The third-order valence-electron chi connectivity index (χ3n) is 24.1. The van der Waals surface area contributed by atoms with Crippen LogP contribution in [0.15, 0.2) is 429 Å². The Hall–Kier alpha value is -15.0. The molecule has 4 nitrogen and oxygen atoms in total. The fraction of sp³-hybridized carbons (Fsp3) is 0. The van der Waals surface area contributed by atoms with Crippen LogP contribution in [0.4, 0.5) is 34.1 Å². The zero-order valence-electron chi connectivity index (χ0n) is 62.7. The van der Waals surface area contributed by atoms with Gasteiger partial charge in [0.05, 0.1) is 28.1 Å². The molecule has 0 saturated heterocycles. The zero-order valence-corrected chi connectivity index (χ0v) is 62.7. The fourth-order valence-electron chi connectivity index (χ4n) is 19.1. The van der Waals surface area contributed by atoms with Gasteiger partial charge < -0.3 is 18.8 Å². The van der Waals surface area contributed by atoms with Crippen molar-refractivity contribution in [3.05, 3.63) is 425 Å². The third kappa shape index (κ3) is 10.6. The van der Waals surface area contributed by atoms with Crippen molar-refractivity contribution in [3.63, 3.8) is 0 Å². The lowest BCUT2D eigenvalue weighted by Crippen LogP contribution is -2.61. The van der Waals surface area contributed by atoms with Gasteiger partial charge >= 0.3 is 0 Å². The molecular formula is C110H70BN3O. The summed E-state index contributed by atoms with van der Waals surface area (Å²) in [6.07, 6.45) is 0. The quantitative estimate of drug-likeness (QED) is 0.0900. The number of para-hydroxylation sites is 4. The van der Waals surface area contributed by atoms with E-state index in [9.17, 15) is 0 Å². The highest BCUT2D eigenvalue weighted by Gasteiger charge is 2.46. The molecule has 2 aliphatic rings. The topological polar surface area (TPSA) is 24.6 Å². The van der Waals surface area contributed by atoms with E-state index in [4.69, 9.17) is 4.42 Å². The number of benzene rings is 19. The molecule has 0 spiro atoms. The van der Waals surface area contributed by atoms with E-state index >= 15 is 0 Å². The van der Waals surface area contributed by atoms with Crippen LogP contribution < -0.4 is 26.2 Å². The van der Waals surface area contributed by atoms with Crippen LogP contribution in [0.3, 0.4) is 0 Å². The van der Waals surface area contributed by atoms with Gasteiger partial charge in [0, 0.05) is 72.1 Å². The highest BCUT2D eigenvalue weighted by atomic mass is 16.3. The first kappa shape index (κ1) is 65.8. The van der Waals surface area contributed by atoms with E-state index in [2.05, 4.69) is 439 Å². The minimum atomic E-state index is -0.375. The van der Waals surface area contributed by atoms with E-state index in [1.165, 1.54) is 59.9 Å². The van der Waals surface area contributed by atoms with Crippen LogP contribution >= 0.6 is 0 Å². The summed E-state index contributed by atoms with van der Waals surface area (Å²) >= 11 is 0. The molecular weight excluding hydrogens is 1390 g/mol. The summed E-state index contributed by atoms with van der Waals surface area (Å²) in [4.78, 5) is 5.41. The molecule has 21 aromatic rings. The van der Waals surface area contributed by atoms with E-state index in [0.29, 0.717) is 0 Å². The maximum absolute atomic E-state index is 7.08. The molecule has 115 heavy (non-hydrogen) atoms. The van der Waals surface area contributed by atoms with Crippen molar-refractivity contribution in [2.24, 2.45) is 0 Å². The first-order valence-corrected chi connectivity index (χ1v) is 39.7. The van der Waals surface area contributed by atoms with Crippen molar-refractivity contribution in [2.75, 3.05) is 9.80 Å². The highest BCUT2D eigenvalue weighted by Crippen LogP contribution is 2.57. The lowest BCUT2D eigenvalue weighted by Gasteiger charge is -2.46. The van der Waals surface area contributed by atoms with Gasteiger partial charge in [-0.3, -0.25) is 0 Å². The Morgan fingerprint density at radius 3 is 1.05 bits per heavy atom. The Morgan fingerprint density at radius 2 is 0.583 bits per heavy atom. The minimum Gasteiger partial charge on any atom is -0.455 e. The largest absolute Gasteiger partial charge is 0.455 e. The van der Waals surface area contributed by atoms with E-state index in [1.54, 1.807) is 0 Å². The molecule has 0 bridgehead atoms. The first-order chi connectivity index (χ1) is 57.1. The molecule has 2 aliphatic heterocycles. The second kappa shape index (κ2) is 26.9. The van der Waals surface area contributed by atoms with E-state index < -0.39 is 0 Å². The summed E-state index contributed by atoms with van der Waals surface area (Å²) in [7, 11) is 0. The number of aromatic nitrogens is 1. The molecule has 2 aromatic heterocycles. The maximum atomic E-state index is 7.08. The Kier molecular flexibility index (Phi) is 15.4. The minimum absolute atomic E-state index is 0.375. The summed E-state index contributed by atoms with van der Waals surface area (Å²) < 4.78 is 9.62. The van der Waals surface area contributed by atoms with Crippen molar-refractivity contribution in [1.29, 1.82) is 0 Å². The van der Waals surface area contributed by atoms with Gasteiger partial charge in [-0.25, -0.2) is 0 Å². The molecule has 5 heteroatoms. The Balaban J connectivity index is 0.924. The van der Waals surface area contributed by atoms with Gasteiger partial charge in [-0.05, 0) is 177 Å². The molecule has 19 aromatic carbocycles. The summed E-state index contributed by atoms with van der Waals surface area (Å²) in [6.45, 7) is -0.375. The summed E-state index contributed by atoms with van der Waals surface area (Å²) in [5, 5.41) is 9.32. The fourth-order valence-corrected chi connectivity index (χ4v) is 19.1. The summed E-state index contributed by atoms with van der Waals surface area (Å²) in [5.41, 5.74) is 35.0. The Morgan fingerprint density at radius 1 is 0.209 bits per heavy atom. The van der Waals surface area contributed by atoms with Gasteiger partial charge in [0.15, 0.2) is 0 Å². The lowest BCUT2D eigenvalue weighted by molar-refractivity contribution is 0.670. The van der Waals surface area contributed by atoms with Crippen molar-refractivity contribution >= 4 is 123 Å². The molecule has 0 fully saturated rings. The molecule has 0 N–H and O–H groups in total. The second-order valence-corrected chi connectivity index (χ2v) is 30.4. The average molecular weight is 1460 g/mol. The smallest absolute Gasteiger partial charge is 0.252 e. The van der Waals surface area contributed by atoms with E-state index in [1.807, 2.05) is 0 Å². The van der Waals surface area contributed by atoms with Crippen molar-refractivity contribution in [2.45, 2.75) is 0 Å². The monoisotopic (exact) mass is 1460 g/mol. The van der Waals surface area contributed by atoms with Crippen LogP contribution in [0.2, 0.25) is 0 Å². The average Bonchev–Trinajstić information content (AvgIpc) is 1.15. The predicted molar refractivity (Wildman–Crippen MR) is 486 cm³/mol. The van der Waals surface area contributed by atoms with Crippen molar-refractivity contribution < 1.29 is 4.42 Å². The predicted octanol–water partition coefficient (Wildman–Crippen LogP) is 28.1. The van der Waals surface area contributed by atoms with Gasteiger partial charge in [0.25, 0.3) is 6.71 Å². The molecule has 0 radical (unpaired) electrons. The van der Waals surface area contributed by atoms with Crippen LogP contribution in [0.5, 0.6) is 0 Å². The number of furan rings is 1. The van der Waals surface area contributed by atoms with Gasteiger partial charge in [-0.2, -0.15) is 0 Å². The number of hydrogen-bond acceptors (Lipinski definition) is 3. The molecule has 23 rings (SSSR count). The molecule has 0 atom stereocenters. The summed E-state index contributed by atoms with van der Waals surface area (Å²) in [6, 6.07) is 158. The SMILES string of the molecule is c1ccc(-c2cc(-c3ccccc3)c(N3c4ccc(-c5cccc6c5oc5ccccc56)cc4B4c5ccc(-c6c7ccccc7c(-c7ccccc7)c7ccccc67)cc5N(c5c(-c6ccccc6)cc(-c6ccccc6)cc5-c5ccccc5)c5cc(-n6c7ccccc7c7ccccc76)cc3c54)c(-c3ccccc3)c2)cc1. The third-order valence-corrected chi connectivity index (χ3v) is 24.1. The Bertz CT molecular complexity index is 7210. The molecule has 0 aliphatic carbocycles. The van der Waals surface area contributed by atoms with Gasteiger partial charge in [-0.1, -0.05) is 358 Å². The molecule has 0 amide bonds. The lowest BCUT2D eigenvalue weighted by atomic mass is 9.33. The van der Waals surface area contributed by atoms with Crippen LogP contribution in [0.1, 0.15) is 0 Å². The van der Waals surface area contributed by atoms with E-state index in [-0.39, 0.29) is 6.71 Å². The van der Waals surface area contributed by atoms with Crippen molar-refractivity contribution in [1.82, 2.24) is 4.57 Å². The standard InChI is InChI=1S/C110H70BN3O/c1-8-33-71(34-9-1)80-63-92(73-37-12-3-13-38-73)108(93(64-80)74-39-14-4-15-40-74)113-100-62-60-78(83-54-32-55-91-86-49-28-31-58-104(86)115-110(83)91)67-97(100)111-96-61-59-79(106-89-52-24-22-50-87(89)105(77-45-20-7-21-46-77)88-51-23-25-53-90(88)106)68-101(96)114(103-70-82(69-102(113)107(103)111)112-98-56-29-26-47-84(98)85-48-27-30-57-99(85)112)109-94(75-41-16-5-17-42-75)65-81(72-35-10-2-11-36-72)66-95(109)76-43-18-6-19-44-76/h1-70H. The molecule has 0 unspecified atom stereocenters. The number of anilines is 6. The van der Waals surface area contributed by atoms with Crippen LogP contribution in [0, 0.1) is 0 Å². The van der Waals surface area contributed by atoms with E-state index in [0.717, 1.165) is 162 Å². The van der Waals surface area contributed by atoms with Crippen LogP contribution in [-0.4, -0.2) is 11.3 Å². The number of hydrogen-bond donors (Lipinski definition) is 0. The second-order valence-electron chi connectivity index (χ2n) is 30.4. The van der Waals surface area contributed by atoms with Crippen LogP contribution in [0.25, 0.3) is 171 Å². The first-order valence-electron chi connectivity index (χ1n) is 39.7.